The molecule has 0 bridgehead atoms. The van der Waals surface area contributed by atoms with Crippen molar-refractivity contribution in [2.45, 2.75) is 38.3 Å². The van der Waals surface area contributed by atoms with E-state index in [2.05, 4.69) is 0 Å². The molecule has 1 aromatic heterocycles. The van der Waals surface area contributed by atoms with Crippen LogP contribution in [0.15, 0.2) is 22.8 Å². The summed E-state index contributed by atoms with van der Waals surface area (Å²) in [7, 11) is 0. The summed E-state index contributed by atoms with van der Waals surface area (Å²) in [5, 5.41) is 0. The average Bonchev–Trinajstić information content (AvgIpc) is 2.88. The van der Waals surface area contributed by atoms with Crippen molar-refractivity contribution in [2.24, 2.45) is 5.92 Å². The number of nitrogens with zero attached hydrogens (tertiary/aromatic N) is 1. The van der Waals surface area contributed by atoms with E-state index < -0.39 is 0 Å². The van der Waals surface area contributed by atoms with E-state index in [9.17, 15) is 4.79 Å². The van der Waals surface area contributed by atoms with Gasteiger partial charge in [-0.1, -0.05) is 0 Å². The molecule has 18 heavy (non-hydrogen) atoms. The van der Waals surface area contributed by atoms with Gasteiger partial charge >= 0.3 is 0 Å². The Hall–Kier alpha value is -1.29. The molecule has 1 aliphatic heterocycles. The Kier molecular flexibility index (Phi) is 3.37. The van der Waals surface area contributed by atoms with Gasteiger partial charge in [0.05, 0.1) is 18.9 Å². The standard InChI is InChI=1S/C14H19NO3/c16-14(11-5-6-11)15(9-12-3-1-7-17-12)10-13-4-2-8-18-13/h1,3,7,11,13H,2,4-6,8-10H2. The molecule has 1 atom stereocenters. The van der Waals surface area contributed by atoms with Crippen molar-refractivity contribution in [1.29, 1.82) is 0 Å². The van der Waals surface area contributed by atoms with Crippen LogP contribution in [0.25, 0.3) is 0 Å². The molecule has 1 unspecified atom stereocenters. The van der Waals surface area contributed by atoms with Crippen LogP contribution in [-0.4, -0.2) is 30.1 Å². The third kappa shape index (κ3) is 2.75. The highest BCUT2D eigenvalue weighted by atomic mass is 16.5. The van der Waals surface area contributed by atoms with Gasteiger partial charge in [-0.15, -0.1) is 0 Å². The monoisotopic (exact) mass is 249 g/mol. The Balaban J connectivity index is 1.64. The first kappa shape index (κ1) is 11.8. The maximum Gasteiger partial charge on any atom is 0.226 e. The smallest absolute Gasteiger partial charge is 0.226 e. The first-order valence-electron chi connectivity index (χ1n) is 6.75. The van der Waals surface area contributed by atoms with Crippen molar-refractivity contribution >= 4 is 5.91 Å². The van der Waals surface area contributed by atoms with Crippen molar-refractivity contribution < 1.29 is 13.9 Å². The molecule has 2 aliphatic rings. The SMILES string of the molecule is O=C(C1CC1)N(Cc1ccco1)CC1CCCO1. The molecule has 98 valence electrons. The molecule has 4 heteroatoms. The molecule has 1 saturated heterocycles. The van der Waals surface area contributed by atoms with Gasteiger partial charge in [0.25, 0.3) is 0 Å². The van der Waals surface area contributed by atoms with Crippen LogP contribution in [-0.2, 0) is 16.1 Å². The second kappa shape index (κ2) is 5.14. The fourth-order valence-electron chi connectivity index (χ4n) is 2.45. The average molecular weight is 249 g/mol. The Morgan fingerprint density at radius 2 is 2.28 bits per heavy atom. The third-order valence-electron chi connectivity index (χ3n) is 3.61. The number of hydrogen-bond donors (Lipinski definition) is 0. The largest absolute Gasteiger partial charge is 0.467 e. The lowest BCUT2D eigenvalue weighted by Crippen LogP contribution is -2.37. The van der Waals surface area contributed by atoms with E-state index in [-0.39, 0.29) is 17.9 Å². The van der Waals surface area contributed by atoms with Crippen LogP contribution in [0.2, 0.25) is 0 Å². The normalized spacial score (nSPS) is 23.2. The highest BCUT2D eigenvalue weighted by molar-refractivity contribution is 5.81. The lowest BCUT2D eigenvalue weighted by molar-refractivity contribution is -0.135. The summed E-state index contributed by atoms with van der Waals surface area (Å²) in [5.41, 5.74) is 0. The molecule has 1 amide bonds. The molecule has 0 radical (unpaired) electrons. The third-order valence-corrected chi connectivity index (χ3v) is 3.61. The number of ether oxygens (including phenoxy) is 1. The molecule has 1 saturated carbocycles. The molecular weight excluding hydrogens is 230 g/mol. The lowest BCUT2D eigenvalue weighted by atomic mass is 10.2. The Morgan fingerprint density at radius 1 is 1.39 bits per heavy atom. The van der Waals surface area contributed by atoms with Gasteiger partial charge in [0, 0.05) is 19.1 Å². The van der Waals surface area contributed by atoms with Crippen LogP contribution in [0.3, 0.4) is 0 Å². The van der Waals surface area contributed by atoms with Gasteiger partial charge in [-0.3, -0.25) is 4.79 Å². The van der Waals surface area contributed by atoms with Crippen LogP contribution in [0.1, 0.15) is 31.4 Å². The first-order chi connectivity index (χ1) is 8.83. The second-order valence-corrected chi connectivity index (χ2v) is 5.21. The molecule has 2 heterocycles. The van der Waals surface area contributed by atoms with Gasteiger partial charge in [0.15, 0.2) is 0 Å². The Bertz CT molecular complexity index is 391. The van der Waals surface area contributed by atoms with Gasteiger partial charge in [-0.25, -0.2) is 0 Å². The summed E-state index contributed by atoms with van der Waals surface area (Å²) in [6, 6.07) is 3.78. The van der Waals surface area contributed by atoms with Crippen LogP contribution < -0.4 is 0 Å². The zero-order chi connectivity index (χ0) is 12.4. The van der Waals surface area contributed by atoms with Gasteiger partial charge in [0.2, 0.25) is 5.91 Å². The number of carbonyl (C=O) groups excluding carboxylic acids is 1. The Morgan fingerprint density at radius 3 is 2.89 bits per heavy atom. The maximum atomic E-state index is 12.2. The van der Waals surface area contributed by atoms with Crippen molar-refractivity contribution in [3.8, 4) is 0 Å². The molecule has 0 aromatic carbocycles. The number of carbonyl (C=O) groups is 1. The quantitative estimate of drug-likeness (QED) is 0.803. The summed E-state index contributed by atoms with van der Waals surface area (Å²) < 4.78 is 11.0. The molecule has 0 N–H and O–H groups in total. The minimum Gasteiger partial charge on any atom is -0.467 e. The summed E-state index contributed by atoms with van der Waals surface area (Å²) >= 11 is 0. The van der Waals surface area contributed by atoms with Crippen molar-refractivity contribution in [1.82, 2.24) is 4.90 Å². The second-order valence-electron chi connectivity index (χ2n) is 5.21. The number of furan rings is 1. The molecule has 0 spiro atoms. The maximum absolute atomic E-state index is 12.2. The summed E-state index contributed by atoms with van der Waals surface area (Å²) in [4.78, 5) is 14.2. The summed E-state index contributed by atoms with van der Waals surface area (Å²) in [6.07, 6.45) is 6.12. The van der Waals surface area contributed by atoms with E-state index in [1.807, 2.05) is 17.0 Å². The van der Waals surface area contributed by atoms with Gasteiger partial charge in [0.1, 0.15) is 5.76 Å². The molecule has 3 rings (SSSR count). The zero-order valence-corrected chi connectivity index (χ0v) is 10.5. The molecular formula is C14H19NO3. The Labute approximate surface area is 107 Å². The van der Waals surface area contributed by atoms with Crippen LogP contribution in [0, 0.1) is 5.92 Å². The predicted molar refractivity (Wildman–Crippen MR) is 65.8 cm³/mol. The molecule has 4 nitrogen and oxygen atoms in total. The lowest BCUT2D eigenvalue weighted by Gasteiger charge is -2.24. The van der Waals surface area contributed by atoms with E-state index in [0.717, 1.165) is 38.1 Å². The molecule has 1 aromatic rings. The summed E-state index contributed by atoms with van der Waals surface area (Å²) in [5.74, 6) is 1.37. The van der Waals surface area contributed by atoms with Crippen LogP contribution >= 0.6 is 0 Å². The highest BCUT2D eigenvalue weighted by Crippen LogP contribution is 2.32. The zero-order valence-electron chi connectivity index (χ0n) is 10.5. The number of amides is 1. The van der Waals surface area contributed by atoms with Gasteiger partial charge < -0.3 is 14.1 Å². The number of hydrogen-bond acceptors (Lipinski definition) is 3. The highest BCUT2D eigenvalue weighted by Gasteiger charge is 2.35. The minimum atomic E-state index is 0.211. The summed E-state index contributed by atoms with van der Waals surface area (Å²) in [6.45, 7) is 2.11. The fraction of sp³-hybridized carbons (Fsp3) is 0.643. The first-order valence-corrected chi connectivity index (χ1v) is 6.75. The predicted octanol–water partition coefficient (Wildman–Crippen LogP) is 2.20. The molecule has 1 aliphatic carbocycles. The van der Waals surface area contributed by atoms with E-state index in [4.69, 9.17) is 9.15 Å². The van der Waals surface area contributed by atoms with Crippen LogP contribution in [0.4, 0.5) is 0 Å². The number of rotatable bonds is 5. The van der Waals surface area contributed by atoms with Crippen molar-refractivity contribution in [3.05, 3.63) is 24.2 Å². The van der Waals surface area contributed by atoms with E-state index in [1.165, 1.54) is 0 Å². The van der Waals surface area contributed by atoms with Crippen molar-refractivity contribution in [3.63, 3.8) is 0 Å². The minimum absolute atomic E-state index is 0.211. The fourth-order valence-corrected chi connectivity index (χ4v) is 2.45. The van der Waals surface area contributed by atoms with Gasteiger partial charge in [-0.2, -0.15) is 0 Å². The van der Waals surface area contributed by atoms with E-state index in [0.29, 0.717) is 13.1 Å². The van der Waals surface area contributed by atoms with Crippen LogP contribution in [0.5, 0.6) is 0 Å². The van der Waals surface area contributed by atoms with E-state index >= 15 is 0 Å². The van der Waals surface area contributed by atoms with E-state index in [1.54, 1.807) is 6.26 Å². The van der Waals surface area contributed by atoms with Gasteiger partial charge in [-0.05, 0) is 37.8 Å². The topological polar surface area (TPSA) is 42.7 Å². The molecule has 2 fully saturated rings. The van der Waals surface area contributed by atoms with Crippen molar-refractivity contribution in [2.75, 3.05) is 13.2 Å².